The van der Waals surface area contributed by atoms with E-state index in [9.17, 15) is 4.79 Å². The summed E-state index contributed by atoms with van der Waals surface area (Å²) in [5.74, 6) is 0.922. The summed E-state index contributed by atoms with van der Waals surface area (Å²) in [4.78, 5) is 14.3. The van der Waals surface area contributed by atoms with Gasteiger partial charge in [-0.1, -0.05) is 40.2 Å². The number of amides is 1. The second-order valence-corrected chi connectivity index (χ2v) is 6.24. The zero-order valence-electron chi connectivity index (χ0n) is 13.7. The third-order valence-corrected chi connectivity index (χ3v) is 4.13. The number of rotatable bonds is 5. The number of anilines is 3. The van der Waals surface area contributed by atoms with Crippen LogP contribution in [0.5, 0.6) is 0 Å². The van der Waals surface area contributed by atoms with Crippen molar-refractivity contribution in [2.24, 2.45) is 0 Å². The summed E-state index contributed by atoms with van der Waals surface area (Å²) in [5.41, 5.74) is 1.60. The van der Waals surface area contributed by atoms with E-state index in [1.54, 1.807) is 18.2 Å². The predicted molar refractivity (Wildman–Crippen MR) is 103 cm³/mol. The molecule has 2 aromatic carbocycles. The van der Waals surface area contributed by atoms with Gasteiger partial charge in [0, 0.05) is 22.3 Å². The van der Waals surface area contributed by atoms with Gasteiger partial charge in [0.15, 0.2) is 11.6 Å². The molecule has 0 spiro atoms. The van der Waals surface area contributed by atoms with E-state index >= 15 is 0 Å². The maximum Gasteiger partial charge on any atom is 0.256 e. The van der Waals surface area contributed by atoms with Crippen molar-refractivity contribution in [1.82, 2.24) is 10.2 Å². The number of carbonyl (C=O) groups excluding carboxylic acids is 1. The highest BCUT2D eigenvalue weighted by Crippen LogP contribution is 2.23. The van der Waals surface area contributed by atoms with Gasteiger partial charge in [0.2, 0.25) is 0 Å². The second kappa shape index (κ2) is 7.90. The lowest BCUT2D eigenvalue weighted by molar-refractivity contribution is 0.102. The summed E-state index contributed by atoms with van der Waals surface area (Å²) in [7, 11) is 0. The van der Waals surface area contributed by atoms with E-state index in [0.29, 0.717) is 11.4 Å². The Balaban J connectivity index is 1.75. The number of para-hydroxylation sites is 1. The molecule has 1 amide bonds. The Morgan fingerprint density at radius 1 is 1.04 bits per heavy atom. The third kappa shape index (κ3) is 4.22. The predicted octanol–water partition coefficient (Wildman–Crippen LogP) is 4.65. The molecule has 1 heterocycles. The molecule has 6 heteroatoms. The maximum absolute atomic E-state index is 12.3. The fraction of sp³-hybridized carbons (Fsp3) is 0.105. The SMILES string of the molecule is CCN(c1ccccc1)c1ccc(NC(=O)c2cccc(Br)c2)nn1. The summed E-state index contributed by atoms with van der Waals surface area (Å²) in [6, 6.07) is 20.8. The van der Waals surface area contributed by atoms with Crippen molar-refractivity contribution in [1.29, 1.82) is 0 Å². The van der Waals surface area contributed by atoms with E-state index < -0.39 is 0 Å². The highest BCUT2D eigenvalue weighted by atomic mass is 79.9. The van der Waals surface area contributed by atoms with Crippen LogP contribution in [0.2, 0.25) is 0 Å². The van der Waals surface area contributed by atoms with Gasteiger partial charge in [0.25, 0.3) is 5.91 Å². The average molecular weight is 397 g/mol. The zero-order valence-corrected chi connectivity index (χ0v) is 15.3. The van der Waals surface area contributed by atoms with Crippen molar-refractivity contribution in [3.63, 3.8) is 0 Å². The Bertz CT molecular complexity index is 853. The largest absolute Gasteiger partial charge is 0.325 e. The van der Waals surface area contributed by atoms with Crippen LogP contribution in [0.25, 0.3) is 0 Å². The highest BCUT2D eigenvalue weighted by molar-refractivity contribution is 9.10. The van der Waals surface area contributed by atoms with Gasteiger partial charge < -0.3 is 10.2 Å². The molecule has 0 atom stereocenters. The van der Waals surface area contributed by atoms with Gasteiger partial charge in [-0.25, -0.2) is 0 Å². The van der Waals surface area contributed by atoms with Gasteiger partial charge in [0.05, 0.1) is 0 Å². The first-order valence-electron chi connectivity index (χ1n) is 7.90. The molecule has 1 aromatic heterocycles. The number of aromatic nitrogens is 2. The molecular weight excluding hydrogens is 380 g/mol. The summed E-state index contributed by atoms with van der Waals surface area (Å²) in [6.45, 7) is 2.82. The van der Waals surface area contributed by atoms with Crippen molar-refractivity contribution in [2.75, 3.05) is 16.8 Å². The minimum atomic E-state index is -0.223. The van der Waals surface area contributed by atoms with Crippen molar-refractivity contribution in [3.05, 3.63) is 76.8 Å². The molecule has 0 unspecified atom stereocenters. The minimum Gasteiger partial charge on any atom is -0.325 e. The number of halogens is 1. The van der Waals surface area contributed by atoms with Crippen LogP contribution in [0, 0.1) is 0 Å². The van der Waals surface area contributed by atoms with E-state index in [1.165, 1.54) is 0 Å². The van der Waals surface area contributed by atoms with Crippen LogP contribution >= 0.6 is 15.9 Å². The molecule has 5 nitrogen and oxygen atoms in total. The summed E-state index contributed by atoms with van der Waals surface area (Å²) < 4.78 is 0.850. The molecule has 0 fully saturated rings. The molecule has 0 saturated carbocycles. The smallest absolute Gasteiger partial charge is 0.256 e. The first-order chi connectivity index (χ1) is 12.2. The lowest BCUT2D eigenvalue weighted by Crippen LogP contribution is -2.18. The van der Waals surface area contributed by atoms with E-state index in [4.69, 9.17) is 0 Å². The number of benzene rings is 2. The Morgan fingerprint density at radius 2 is 1.84 bits per heavy atom. The molecule has 25 heavy (non-hydrogen) atoms. The van der Waals surface area contributed by atoms with Crippen LogP contribution in [0.1, 0.15) is 17.3 Å². The van der Waals surface area contributed by atoms with E-state index in [-0.39, 0.29) is 5.91 Å². The number of hydrogen-bond acceptors (Lipinski definition) is 4. The third-order valence-electron chi connectivity index (χ3n) is 3.64. The van der Waals surface area contributed by atoms with Crippen LogP contribution in [0.3, 0.4) is 0 Å². The van der Waals surface area contributed by atoms with Gasteiger partial charge in [-0.05, 0) is 49.4 Å². The summed E-state index contributed by atoms with van der Waals surface area (Å²) >= 11 is 3.36. The Morgan fingerprint density at radius 3 is 2.48 bits per heavy atom. The van der Waals surface area contributed by atoms with Crippen molar-refractivity contribution in [3.8, 4) is 0 Å². The van der Waals surface area contributed by atoms with Gasteiger partial charge in [-0.15, -0.1) is 10.2 Å². The molecule has 0 aliphatic rings. The number of nitrogens with zero attached hydrogens (tertiary/aromatic N) is 3. The molecule has 1 N–H and O–H groups in total. The number of hydrogen-bond donors (Lipinski definition) is 1. The minimum absolute atomic E-state index is 0.223. The first kappa shape index (κ1) is 17.1. The molecule has 0 aliphatic carbocycles. The van der Waals surface area contributed by atoms with E-state index in [2.05, 4.69) is 38.4 Å². The Kier molecular flexibility index (Phi) is 5.40. The molecule has 0 bridgehead atoms. The van der Waals surface area contributed by atoms with Crippen LogP contribution in [-0.4, -0.2) is 22.6 Å². The molecular formula is C19H17BrN4O. The van der Waals surface area contributed by atoms with Crippen LogP contribution < -0.4 is 10.2 Å². The van der Waals surface area contributed by atoms with E-state index in [1.807, 2.05) is 53.4 Å². The van der Waals surface area contributed by atoms with Crippen molar-refractivity contribution < 1.29 is 4.79 Å². The highest BCUT2D eigenvalue weighted by Gasteiger charge is 2.11. The molecule has 3 aromatic rings. The topological polar surface area (TPSA) is 58.1 Å². The van der Waals surface area contributed by atoms with Crippen molar-refractivity contribution >= 4 is 39.2 Å². The van der Waals surface area contributed by atoms with Crippen LogP contribution in [-0.2, 0) is 0 Å². The van der Waals surface area contributed by atoms with Crippen LogP contribution in [0.15, 0.2) is 71.2 Å². The maximum atomic E-state index is 12.3. The zero-order chi connectivity index (χ0) is 17.6. The average Bonchev–Trinajstić information content (AvgIpc) is 2.64. The van der Waals surface area contributed by atoms with Gasteiger partial charge in [-0.3, -0.25) is 4.79 Å². The molecule has 0 aliphatic heterocycles. The molecule has 0 radical (unpaired) electrons. The fourth-order valence-electron chi connectivity index (χ4n) is 2.44. The monoisotopic (exact) mass is 396 g/mol. The summed E-state index contributed by atoms with van der Waals surface area (Å²) in [5, 5.41) is 11.1. The lowest BCUT2D eigenvalue weighted by Gasteiger charge is -2.21. The molecule has 0 saturated heterocycles. The quantitative estimate of drug-likeness (QED) is 0.681. The first-order valence-corrected chi connectivity index (χ1v) is 8.70. The van der Waals surface area contributed by atoms with E-state index in [0.717, 1.165) is 22.5 Å². The summed E-state index contributed by atoms with van der Waals surface area (Å²) in [6.07, 6.45) is 0. The van der Waals surface area contributed by atoms with Crippen molar-refractivity contribution in [2.45, 2.75) is 6.92 Å². The van der Waals surface area contributed by atoms with Gasteiger partial charge in [-0.2, -0.15) is 0 Å². The standard InChI is InChI=1S/C19H17BrN4O/c1-2-24(16-9-4-3-5-10-16)18-12-11-17(22-23-18)21-19(25)14-7-6-8-15(20)13-14/h3-13H,2H2,1H3,(H,21,22,25). The van der Waals surface area contributed by atoms with Gasteiger partial charge >= 0.3 is 0 Å². The van der Waals surface area contributed by atoms with Gasteiger partial charge in [0.1, 0.15) is 0 Å². The number of nitrogens with one attached hydrogen (secondary N) is 1. The molecule has 126 valence electrons. The Labute approximate surface area is 154 Å². The normalized spacial score (nSPS) is 10.3. The lowest BCUT2D eigenvalue weighted by atomic mass is 10.2. The molecule has 3 rings (SSSR count). The number of carbonyl (C=O) groups is 1. The van der Waals surface area contributed by atoms with Crippen LogP contribution in [0.4, 0.5) is 17.3 Å². The second-order valence-electron chi connectivity index (χ2n) is 5.32. The Hall–Kier alpha value is -2.73. The fourth-order valence-corrected chi connectivity index (χ4v) is 2.84.